The Balaban J connectivity index is 2.29. The molecule has 0 unspecified atom stereocenters. The molecule has 0 saturated carbocycles. The summed E-state index contributed by atoms with van der Waals surface area (Å²) in [5, 5.41) is 6.77. The van der Waals surface area contributed by atoms with Crippen LogP contribution in [0.1, 0.15) is 30.2 Å². The van der Waals surface area contributed by atoms with E-state index in [4.69, 9.17) is 0 Å². The van der Waals surface area contributed by atoms with Crippen molar-refractivity contribution in [1.82, 2.24) is 9.78 Å². The van der Waals surface area contributed by atoms with Crippen molar-refractivity contribution in [1.29, 1.82) is 0 Å². The SMILES string of the molecule is CC(C)n1nccc1NC(=O)c1c(F)cccc1Br. The lowest BCUT2D eigenvalue weighted by Gasteiger charge is -2.12. The summed E-state index contributed by atoms with van der Waals surface area (Å²) < 4.78 is 15.8. The second-order valence-electron chi connectivity index (χ2n) is 4.31. The maximum atomic E-state index is 13.7. The molecular weight excluding hydrogens is 313 g/mol. The Morgan fingerprint density at radius 2 is 2.16 bits per heavy atom. The van der Waals surface area contributed by atoms with Crippen LogP contribution in [0, 0.1) is 5.82 Å². The minimum absolute atomic E-state index is 0.0148. The molecule has 1 N–H and O–H groups in total. The van der Waals surface area contributed by atoms with Gasteiger partial charge in [0.25, 0.3) is 5.91 Å². The minimum atomic E-state index is -0.567. The lowest BCUT2D eigenvalue weighted by atomic mass is 10.2. The molecule has 2 rings (SSSR count). The standard InChI is InChI=1S/C13H13BrFN3O/c1-8(2)18-11(6-7-16-18)17-13(19)12-9(14)4-3-5-10(12)15/h3-8H,1-2H3,(H,17,19). The van der Waals surface area contributed by atoms with Crippen molar-refractivity contribution in [3.05, 3.63) is 46.3 Å². The fraction of sp³-hybridized carbons (Fsp3) is 0.231. The first-order chi connectivity index (χ1) is 9.00. The molecule has 0 fully saturated rings. The number of carbonyl (C=O) groups excluding carboxylic acids is 1. The molecular formula is C13H13BrFN3O. The first-order valence-electron chi connectivity index (χ1n) is 5.79. The van der Waals surface area contributed by atoms with Gasteiger partial charge in [0.05, 0.1) is 11.8 Å². The largest absolute Gasteiger partial charge is 0.307 e. The number of amides is 1. The van der Waals surface area contributed by atoms with Crippen LogP contribution < -0.4 is 5.32 Å². The summed E-state index contributed by atoms with van der Waals surface area (Å²) in [6, 6.07) is 6.19. The third kappa shape index (κ3) is 2.84. The van der Waals surface area contributed by atoms with E-state index in [-0.39, 0.29) is 11.6 Å². The molecule has 0 aliphatic heterocycles. The summed E-state index contributed by atoms with van der Waals surface area (Å²) in [5.41, 5.74) is -0.0148. The maximum absolute atomic E-state index is 13.7. The Labute approximate surface area is 118 Å². The van der Waals surface area contributed by atoms with Crippen molar-refractivity contribution < 1.29 is 9.18 Å². The monoisotopic (exact) mass is 325 g/mol. The predicted molar refractivity (Wildman–Crippen MR) is 74.7 cm³/mol. The topological polar surface area (TPSA) is 46.9 Å². The van der Waals surface area contributed by atoms with Gasteiger partial charge in [-0.15, -0.1) is 0 Å². The van der Waals surface area contributed by atoms with Gasteiger partial charge in [0.2, 0.25) is 0 Å². The quantitative estimate of drug-likeness (QED) is 0.936. The molecule has 19 heavy (non-hydrogen) atoms. The number of hydrogen-bond donors (Lipinski definition) is 1. The maximum Gasteiger partial charge on any atom is 0.260 e. The second-order valence-corrected chi connectivity index (χ2v) is 5.16. The number of nitrogens with zero attached hydrogens (tertiary/aromatic N) is 2. The Kier molecular flexibility index (Phi) is 3.99. The van der Waals surface area contributed by atoms with Crippen molar-refractivity contribution in [2.75, 3.05) is 5.32 Å². The van der Waals surface area contributed by atoms with Gasteiger partial charge in [-0.1, -0.05) is 6.07 Å². The summed E-state index contributed by atoms with van der Waals surface area (Å²) >= 11 is 3.18. The van der Waals surface area contributed by atoms with Gasteiger partial charge >= 0.3 is 0 Å². The number of nitrogens with one attached hydrogen (secondary N) is 1. The third-order valence-electron chi connectivity index (χ3n) is 2.59. The van der Waals surface area contributed by atoms with Crippen LogP contribution in [0.4, 0.5) is 10.2 Å². The van der Waals surface area contributed by atoms with Crippen molar-refractivity contribution in [3.63, 3.8) is 0 Å². The number of hydrogen-bond acceptors (Lipinski definition) is 2. The highest BCUT2D eigenvalue weighted by Gasteiger charge is 2.17. The summed E-state index contributed by atoms with van der Waals surface area (Å²) in [4.78, 5) is 12.1. The zero-order chi connectivity index (χ0) is 14.0. The van der Waals surface area contributed by atoms with E-state index in [0.717, 1.165) is 0 Å². The Bertz CT molecular complexity index is 589. The number of benzene rings is 1. The molecule has 4 nitrogen and oxygen atoms in total. The van der Waals surface area contributed by atoms with Gasteiger partial charge in [-0.05, 0) is 41.9 Å². The van der Waals surface area contributed by atoms with E-state index in [0.29, 0.717) is 10.3 Å². The lowest BCUT2D eigenvalue weighted by Crippen LogP contribution is -2.18. The van der Waals surface area contributed by atoms with E-state index < -0.39 is 11.7 Å². The molecule has 0 spiro atoms. The van der Waals surface area contributed by atoms with Gasteiger partial charge in [0.1, 0.15) is 11.6 Å². The first-order valence-corrected chi connectivity index (χ1v) is 6.59. The van der Waals surface area contributed by atoms with Gasteiger partial charge in [0.15, 0.2) is 0 Å². The zero-order valence-corrected chi connectivity index (χ0v) is 12.1. The van der Waals surface area contributed by atoms with Crippen molar-refractivity contribution in [2.24, 2.45) is 0 Å². The fourth-order valence-corrected chi connectivity index (χ4v) is 2.24. The highest BCUT2D eigenvalue weighted by molar-refractivity contribution is 9.10. The minimum Gasteiger partial charge on any atom is -0.307 e. The molecule has 0 radical (unpaired) electrons. The highest BCUT2D eigenvalue weighted by atomic mass is 79.9. The normalized spacial score (nSPS) is 10.8. The number of halogens is 2. The molecule has 0 bridgehead atoms. The van der Waals surface area contributed by atoms with Crippen molar-refractivity contribution in [2.45, 2.75) is 19.9 Å². The Hall–Kier alpha value is -1.69. The fourth-order valence-electron chi connectivity index (χ4n) is 1.72. The zero-order valence-electron chi connectivity index (χ0n) is 10.5. The number of anilines is 1. The van der Waals surface area contributed by atoms with Gasteiger partial charge < -0.3 is 5.32 Å². The summed E-state index contributed by atoms with van der Waals surface area (Å²) in [6.45, 7) is 3.89. The first kappa shape index (κ1) is 13.7. The van der Waals surface area contributed by atoms with Crippen LogP contribution in [0.3, 0.4) is 0 Å². The van der Waals surface area contributed by atoms with Gasteiger partial charge in [0, 0.05) is 16.6 Å². The summed E-state index contributed by atoms with van der Waals surface area (Å²) in [5.74, 6) is -0.537. The van der Waals surface area contributed by atoms with Crippen LogP contribution in [-0.2, 0) is 0 Å². The van der Waals surface area contributed by atoms with Crippen LogP contribution >= 0.6 is 15.9 Å². The van der Waals surface area contributed by atoms with Crippen molar-refractivity contribution >= 4 is 27.7 Å². The van der Waals surface area contributed by atoms with Crippen LogP contribution in [0.25, 0.3) is 0 Å². The van der Waals surface area contributed by atoms with E-state index in [2.05, 4.69) is 26.3 Å². The number of aromatic nitrogens is 2. The summed E-state index contributed by atoms with van der Waals surface area (Å²) in [6.07, 6.45) is 1.59. The molecule has 0 saturated heterocycles. The van der Waals surface area contributed by atoms with Crippen LogP contribution in [-0.4, -0.2) is 15.7 Å². The molecule has 0 aliphatic carbocycles. The molecule has 1 aromatic heterocycles. The molecule has 6 heteroatoms. The van der Waals surface area contributed by atoms with Crippen LogP contribution in [0.5, 0.6) is 0 Å². The molecule has 100 valence electrons. The van der Waals surface area contributed by atoms with E-state index in [9.17, 15) is 9.18 Å². The van der Waals surface area contributed by atoms with E-state index in [1.54, 1.807) is 23.0 Å². The van der Waals surface area contributed by atoms with Crippen LogP contribution in [0.15, 0.2) is 34.9 Å². The predicted octanol–water partition coefficient (Wildman–Crippen LogP) is 3.62. The molecule has 0 atom stereocenters. The van der Waals surface area contributed by atoms with Gasteiger partial charge in [-0.25, -0.2) is 9.07 Å². The Morgan fingerprint density at radius 3 is 2.79 bits per heavy atom. The molecule has 1 aromatic carbocycles. The smallest absolute Gasteiger partial charge is 0.260 e. The number of rotatable bonds is 3. The second kappa shape index (κ2) is 5.52. The molecule has 0 aliphatic rings. The third-order valence-corrected chi connectivity index (χ3v) is 3.25. The number of carbonyl (C=O) groups is 1. The van der Waals surface area contributed by atoms with Crippen molar-refractivity contribution in [3.8, 4) is 0 Å². The Morgan fingerprint density at radius 1 is 1.42 bits per heavy atom. The lowest BCUT2D eigenvalue weighted by molar-refractivity contribution is 0.102. The van der Waals surface area contributed by atoms with E-state index in [1.165, 1.54) is 12.1 Å². The molecule has 1 heterocycles. The van der Waals surface area contributed by atoms with Crippen LogP contribution in [0.2, 0.25) is 0 Å². The average Bonchev–Trinajstić information content (AvgIpc) is 2.76. The van der Waals surface area contributed by atoms with E-state index >= 15 is 0 Å². The average molecular weight is 326 g/mol. The summed E-state index contributed by atoms with van der Waals surface area (Å²) in [7, 11) is 0. The molecule has 2 aromatic rings. The molecule has 1 amide bonds. The highest BCUT2D eigenvalue weighted by Crippen LogP contribution is 2.21. The van der Waals surface area contributed by atoms with Gasteiger partial charge in [-0.3, -0.25) is 4.79 Å². The van der Waals surface area contributed by atoms with E-state index in [1.807, 2.05) is 13.8 Å². The van der Waals surface area contributed by atoms with Gasteiger partial charge in [-0.2, -0.15) is 5.10 Å².